The normalized spacial score (nSPS) is 32.6. The average molecular weight is 366 g/mol. The lowest BCUT2D eigenvalue weighted by Crippen LogP contribution is -2.53. The summed E-state index contributed by atoms with van der Waals surface area (Å²) in [4.78, 5) is 14.2. The van der Waals surface area contributed by atoms with Gasteiger partial charge in [-0.3, -0.25) is 4.90 Å². The molecule has 0 aliphatic carbocycles. The molecule has 2 aliphatic rings. The van der Waals surface area contributed by atoms with Crippen LogP contribution in [0.4, 0.5) is 4.79 Å². The van der Waals surface area contributed by atoms with Gasteiger partial charge in [0, 0.05) is 5.92 Å². The molecule has 0 aromatic rings. The molecule has 7 heteroatoms. The smallest absolute Gasteiger partial charge is 0.411 e. The van der Waals surface area contributed by atoms with Crippen molar-refractivity contribution in [1.82, 2.24) is 4.90 Å². The second-order valence-electron chi connectivity index (χ2n) is 8.31. The Morgan fingerprint density at radius 2 is 2.12 bits per heavy atom. The first kappa shape index (κ1) is 20.7. The van der Waals surface area contributed by atoms with E-state index >= 15 is 0 Å². The van der Waals surface area contributed by atoms with Crippen LogP contribution in [0.3, 0.4) is 0 Å². The number of carbonyl (C=O) groups excluding carboxylic acids is 1. The Hall–Kier alpha value is -1.62. The minimum atomic E-state index is -0.996. The quantitative estimate of drug-likeness (QED) is 0.772. The van der Waals surface area contributed by atoms with Crippen LogP contribution >= 0.6 is 0 Å². The van der Waals surface area contributed by atoms with E-state index in [1.54, 1.807) is 34.6 Å². The van der Waals surface area contributed by atoms with Crippen LogP contribution in [0.15, 0.2) is 12.2 Å². The second kappa shape index (κ2) is 7.55. The molecule has 2 rings (SSSR count). The van der Waals surface area contributed by atoms with Gasteiger partial charge in [0.15, 0.2) is 5.79 Å². The van der Waals surface area contributed by atoms with Gasteiger partial charge in [-0.2, -0.15) is 5.26 Å². The molecule has 0 bridgehead atoms. The molecule has 5 unspecified atom stereocenters. The monoisotopic (exact) mass is 366 g/mol. The minimum Gasteiger partial charge on any atom is -0.444 e. The molecule has 2 fully saturated rings. The molecule has 0 spiro atoms. The van der Waals surface area contributed by atoms with E-state index in [9.17, 15) is 15.2 Å². The van der Waals surface area contributed by atoms with Crippen LogP contribution in [0.2, 0.25) is 0 Å². The topological polar surface area (TPSA) is 92.0 Å². The van der Waals surface area contributed by atoms with Crippen molar-refractivity contribution in [3.8, 4) is 6.07 Å². The first-order valence-electron chi connectivity index (χ1n) is 9.02. The van der Waals surface area contributed by atoms with Crippen molar-refractivity contribution in [3.05, 3.63) is 12.2 Å². The van der Waals surface area contributed by atoms with Crippen LogP contribution in [0, 0.1) is 17.2 Å². The lowest BCUT2D eigenvalue weighted by molar-refractivity contribution is -0.156. The van der Waals surface area contributed by atoms with Gasteiger partial charge in [-0.15, -0.1) is 0 Å². The summed E-state index contributed by atoms with van der Waals surface area (Å²) in [5.41, 5.74) is -0.694. The SMILES string of the molecule is C/C=C\C1CC(C#N)N(C(=O)OC(C)(C)C)C1C(O)C1COC(C)(C)O1. The highest BCUT2D eigenvalue weighted by Crippen LogP contribution is 2.37. The fourth-order valence-corrected chi connectivity index (χ4v) is 3.56. The maximum Gasteiger partial charge on any atom is 0.411 e. The molecule has 26 heavy (non-hydrogen) atoms. The van der Waals surface area contributed by atoms with Crippen LogP contribution < -0.4 is 0 Å². The molecule has 5 atom stereocenters. The number of nitriles is 1. The van der Waals surface area contributed by atoms with Crippen LogP contribution in [0.1, 0.15) is 48.0 Å². The van der Waals surface area contributed by atoms with Crippen molar-refractivity contribution in [2.45, 2.75) is 83.6 Å². The van der Waals surface area contributed by atoms with Crippen molar-refractivity contribution in [2.24, 2.45) is 5.92 Å². The standard InChI is InChI=1S/C19H30N2O5/c1-7-8-12-9-13(10-20)21(17(23)26-18(2,3)4)15(12)16(22)14-11-24-19(5,6)25-14/h7-8,12-16,22H,9,11H2,1-6H3/b8-7-. The van der Waals surface area contributed by atoms with Crippen molar-refractivity contribution in [2.75, 3.05) is 6.61 Å². The third-order valence-corrected chi connectivity index (χ3v) is 4.55. The zero-order valence-corrected chi connectivity index (χ0v) is 16.4. The first-order valence-corrected chi connectivity index (χ1v) is 9.02. The van der Waals surface area contributed by atoms with Gasteiger partial charge in [0.25, 0.3) is 0 Å². The molecule has 0 radical (unpaired) electrons. The van der Waals surface area contributed by atoms with E-state index in [0.717, 1.165) is 0 Å². The van der Waals surface area contributed by atoms with Gasteiger partial charge >= 0.3 is 6.09 Å². The number of likely N-dealkylation sites (tertiary alicyclic amines) is 1. The van der Waals surface area contributed by atoms with E-state index in [2.05, 4.69) is 6.07 Å². The second-order valence-corrected chi connectivity index (χ2v) is 8.31. The molecule has 1 amide bonds. The highest BCUT2D eigenvalue weighted by Gasteiger charge is 2.51. The molecule has 1 N–H and O–H groups in total. The summed E-state index contributed by atoms with van der Waals surface area (Å²) >= 11 is 0. The van der Waals surface area contributed by atoms with E-state index < -0.39 is 41.8 Å². The molecule has 2 saturated heterocycles. The number of rotatable bonds is 3. The van der Waals surface area contributed by atoms with E-state index in [0.29, 0.717) is 6.42 Å². The van der Waals surface area contributed by atoms with E-state index in [4.69, 9.17) is 14.2 Å². The number of aliphatic hydroxyl groups excluding tert-OH is 1. The average Bonchev–Trinajstić information content (AvgIpc) is 3.05. The van der Waals surface area contributed by atoms with Gasteiger partial charge in [0.05, 0.1) is 18.7 Å². The lowest BCUT2D eigenvalue weighted by atomic mass is 9.92. The van der Waals surface area contributed by atoms with Crippen LogP contribution in [0.25, 0.3) is 0 Å². The number of hydrogen-bond donors (Lipinski definition) is 1. The molecule has 146 valence electrons. The van der Waals surface area contributed by atoms with Gasteiger partial charge in [0.1, 0.15) is 23.9 Å². The Morgan fingerprint density at radius 3 is 2.58 bits per heavy atom. The van der Waals surface area contributed by atoms with Gasteiger partial charge in [0.2, 0.25) is 0 Å². The van der Waals surface area contributed by atoms with E-state index in [1.807, 2.05) is 19.1 Å². The third kappa shape index (κ3) is 4.56. The number of carbonyl (C=O) groups is 1. The van der Waals surface area contributed by atoms with Gasteiger partial charge in [-0.25, -0.2) is 4.79 Å². The lowest BCUT2D eigenvalue weighted by Gasteiger charge is -2.35. The van der Waals surface area contributed by atoms with E-state index in [1.165, 1.54) is 4.90 Å². The zero-order chi connectivity index (χ0) is 19.7. The van der Waals surface area contributed by atoms with Crippen LogP contribution in [0.5, 0.6) is 0 Å². The Kier molecular flexibility index (Phi) is 6.01. The summed E-state index contributed by atoms with van der Waals surface area (Å²) < 4.78 is 16.8. The third-order valence-electron chi connectivity index (χ3n) is 4.55. The molecule has 0 saturated carbocycles. The summed E-state index contributed by atoms with van der Waals surface area (Å²) in [6.45, 7) is 11.0. The summed E-state index contributed by atoms with van der Waals surface area (Å²) in [6, 6.07) is 0.886. The Morgan fingerprint density at radius 1 is 1.46 bits per heavy atom. The number of ether oxygens (including phenoxy) is 3. The minimum absolute atomic E-state index is 0.167. The summed E-state index contributed by atoms with van der Waals surface area (Å²) in [5.74, 6) is -0.953. The Labute approximate surface area is 155 Å². The van der Waals surface area contributed by atoms with Crippen molar-refractivity contribution in [3.63, 3.8) is 0 Å². The van der Waals surface area contributed by atoms with Gasteiger partial charge < -0.3 is 19.3 Å². The first-order chi connectivity index (χ1) is 12.0. The number of hydrogen-bond acceptors (Lipinski definition) is 6. The van der Waals surface area contributed by atoms with Gasteiger partial charge in [-0.1, -0.05) is 12.2 Å². The van der Waals surface area contributed by atoms with Crippen molar-refractivity contribution in [1.29, 1.82) is 5.26 Å². The summed E-state index contributed by atoms with van der Waals surface area (Å²) in [5, 5.41) is 20.6. The Balaban J connectivity index is 2.31. The Bertz CT molecular complexity index is 590. The number of allylic oxidation sites excluding steroid dienone is 1. The fraction of sp³-hybridized carbons (Fsp3) is 0.789. The van der Waals surface area contributed by atoms with Gasteiger partial charge in [-0.05, 0) is 48.0 Å². The molecular formula is C19H30N2O5. The molecule has 2 aliphatic heterocycles. The number of amides is 1. The number of aliphatic hydroxyl groups is 1. The van der Waals surface area contributed by atoms with E-state index in [-0.39, 0.29) is 12.5 Å². The number of nitrogens with zero attached hydrogens (tertiary/aromatic N) is 2. The maximum atomic E-state index is 12.8. The summed E-state index contributed by atoms with van der Waals surface area (Å²) in [6.07, 6.45) is 2.06. The highest BCUT2D eigenvalue weighted by molar-refractivity contribution is 5.70. The maximum absolute atomic E-state index is 12.8. The molecule has 0 aromatic heterocycles. The molecule has 7 nitrogen and oxygen atoms in total. The predicted octanol–water partition coefficient (Wildman–Crippen LogP) is 2.59. The van der Waals surface area contributed by atoms with Crippen LogP contribution in [-0.4, -0.2) is 58.4 Å². The molecule has 2 heterocycles. The van der Waals surface area contributed by atoms with Crippen molar-refractivity contribution < 1.29 is 24.1 Å². The van der Waals surface area contributed by atoms with Crippen LogP contribution in [-0.2, 0) is 14.2 Å². The fourth-order valence-electron chi connectivity index (χ4n) is 3.56. The molecular weight excluding hydrogens is 336 g/mol. The molecule has 0 aromatic carbocycles. The summed E-state index contributed by atoms with van der Waals surface area (Å²) in [7, 11) is 0. The largest absolute Gasteiger partial charge is 0.444 e. The zero-order valence-electron chi connectivity index (χ0n) is 16.4. The van der Waals surface area contributed by atoms with Crippen molar-refractivity contribution >= 4 is 6.09 Å². The predicted molar refractivity (Wildman–Crippen MR) is 95.1 cm³/mol. The highest BCUT2D eigenvalue weighted by atomic mass is 16.7.